The van der Waals surface area contributed by atoms with Crippen molar-refractivity contribution in [3.8, 4) is 0 Å². The molecule has 0 heterocycles. The van der Waals surface area contributed by atoms with E-state index in [1.807, 2.05) is 6.92 Å². The van der Waals surface area contributed by atoms with Crippen molar-refractivity contribution in [3.63, 3.8) is 0 Å². The minimum atomic E-state index is -1.20. The molecule has 6 heteroatoms. The number of rotatable bonds is 9. The molecule has 0 rings (SSSR count). The van der Waals surface area contributed by atoms with Crippen LogP contribution in [0.15, 0.2) is 0 Å². The average Bonchev–Trinajstić information content (AvgIpc) is 2.20. The Hall–Kier alpha value is -0.135. The second-order valence-electron chi connectivity index (χ2n) is 4.02. The fourth-order valence-electron chi connectivity index (χ4n) is 1.25. The van der Waals surface area contributed by atoms with E-state index in [2.05, 4.69) is 5.32 Å². The van der Waals surface area contributed by atoms with Gasteiger partial charge in [-0.15, -0.1) is 0 Å². The number of aliphatic hydroxyl groups excluding tert-OH is 1. The van der Waals surface area contributed by atoms with Crippen molar-refractivity contribution < 1.29 is 15.2 Å². The number of nitrogens with two attached hydrogens (primary N) is 1. The van der Waals surface area contributed by atoms with Gasteiger partial charge in [0.15, 0.2) is 0 Å². The number of nitrogens with one attached hydrogen (secondary N) is 1. The lowest BCUT2D eigenvalue weighted by Gasteiger charge is -2.15. The van der Waals surface area contributed by atoms with Crippen molar-refractivity contribution in [3.05, 3.63) is 0 Å². The molecule has 0 amide bonds. The third-order valence-electron chi connectivity index (χ3n) is 2.29. The molecule has 90 valence electrons. The Bertz CT molecular complexity index is 149. The predicted octanol–water partition coefficient (Wildman–Crippen LogP) is -1.07. The van der Waals surface area contributed by atoms with Gasteiger partial charge in [-0.05, 0) is 19.7 Å². The first-order chi connectivity index (χ1) is 7.06. The molecule has 2 atom stereocenters. The summed E-state index contributed by atoms with van der Waals surface area (Å²) < 4.78 is 0. The Balaban J connectivity index is 3.29. The van der Waals surface area contributed by atoms with Gasteiger partial charge >= 0.3 is 7.12 Å². The molecule has 0 saturated carbocycles. The van der Waals surface area contributed by atoms with Gasteiger partial charge in [-0.2, -0.15) is 0 Å². The van der Waals surface area contributed by atoms with Crippen LogP contribution in [0.4, 0.5) is 0 Å². The SMILES string of the molecule is CC(CO)NCC(N)CCCCB(O)O. The van der Waals surface area contributed by atoms with Crippen LogP contribution in [0.5, 0.6) is 0 Å². The minimum Gasteiger partial charge on any atom is -0.427 e. The lowest BCUT2D eigenvalue weighted by atomic mass is 9.83. The maximum absolute atomic E-state index is 8.76. The maximum Gasteiger partial charge on any atom is 0.451 e. The van der Waals surface area contributed by atoms with Gasteiger partial charge in [-0.25, -0.2) is 0 Å². The van der Waals surface area contributed by atoms with E-state index >= 15 is 0 Å². The first-order valence-electron chi connectivity index (χ1n) is 5.52. The van der Waals surface area contributed by atoms with E-state index in [4.69, 9.17) is 20.9 Å². The van der Waals surface area contributed by atoms with E-state index in [0.29, 0.717) is 12.9 Å². The van der Waals surface area contributed by atoms with E-state index < -0.39 is 7.12 Å². The molecular weight excluding hydrogens is 195 g/mol. The van der Waals surface area contributed by atoms with E-state index in [0.717, 1.165) is 19.3 Å². The van der Waals surface area contributed by atoms with Gasteiger partial charge in [0, 0.05) is 18.6 Å². The number of hydrogen-bond donors (Lipinski definition) is 5. The Morgan fingerprint density at radius 3 is 2.53 bits per heavy atom. The summed E-state index contributed by atoms with van der Waals surface area (Å²) >= 11 is 0. The van der Waals surface area contributed by atoms with Crippen LogP contribution in [0.1, 0.15) is 26.2 Å². The molecule has 0 bridgehead atoms. The molecular formula is C9H23BN2O3. The van der Waals surface area contributed by atoms with Gasteiger partial charge in [-0.1, -0.05) is 12.8 Å². The van der Waals surface area contributed by atoms with Gasteiger partial charge in [-0.3, -0.25) is 0 Å². The average molecular weight is 218 g/mol. The van der Waals surface area contributed by atoms with E-state index in [-0.39, 0.29) is 18.7 Å². The van der Waals surface area contributed by atoms with Crippen LogP contribution in [0.2, 0.25) is 6.32 Å². The largest absolute Gasteiger partial charge is 0.451 e. The normalized spacial score (nSPS) is 15.0. The Morgan fingerprint density at radius 2 is 2.00 bits per heavy atom. The van der Waals surface area contributed by atoms with Crippen LogP contribution < -0.4 is 11.1 Å². The van der Waals surface area contributed by atoms with E-state index in [1.165, 1.54) is 0 Å². The van der Waals surface area contributed by atoms with Crippen LogP contribution in [-0.4, -0.2) is 47.5 Å². The smallest absolute Gasteiger partial charge is 0.427 e. The zero-order chi connectivity index (χ0) is 11.7. The molecule has 0 fully saturated rings. The molecule has 0 spiro atoms. The molecule has 0 aromatic heterocycles. The van der Waals surface area contributed by atoms with Crippen molar-refractivity contribution in [1.82, 2.24) is 5.32 Å². The monoisotopic (exact) mass is 218 g/mol. The van der Waals surface area contributed by atoms with E-state index in [9.17, 15) is 0 Å². The third kappa shape index (κ3) is 10.2. The minimum absolute atomic E-state index is 0.0647. The predicted molar refractivity (Wildman–Crippen MR) is 61.4 cm³/mol. The van der Waals surface area contributed by atoms with Crippen LogP contribution in [0.3, 0.4) is 0 Å². The molecule has 5 nitrogen and oxygen atoms in total. The van der Waals surface area contributed by atoms with Gasteiger partial charge in [0.1, 0.15) is 0 Å². The highest BCUT2D eigenvalue weighted by Gasteiger charge is 2.08. The third-order valence-corrected chi connectivity index (χ3v) is 2.29. The van der Waals surface area contributed by atoms with Gasteiger partial charge in [0.05, 0.1) is 6.61 Å². The second-order valence-corrected chi connectivity index (χ2v) is 4.02. The number of aliphatic hydroxyl groups is 1. The summed E-state index contributed by atoms with van der Waals surface area (Å²) in [5, 5.41) is 29.1. The van der Waals surface area contributed by atoms with Crippen molar-refractivity contribution in [2.45, 2.75) is 44.6 Å². The summed E-state index contributed by atoms with van der Waals surface area (Å²) in [5.41, 5.74) is 5.82. The summed E-state index contributed by atoms with van der Waals surface area (Å²) in [4.78, 5) is 0. The lowest BCUT2D eigenvalue weighted by molar-refractivity contribution is 0.249. The van der Waals surface area contributed by atoms with Crippen LogP contribution >= 0.6 is 0 Å². The summed E-state index contributed by atoms with van der Waals surface area (Å²) in [6.45, 7) is 2.70. The zero-order valence-corrected chi connectivity index (χ0v) is 9.39. The molecule has 0 aliphatic heterocycles. The Kier molecular flexibility index (Phi) is 9.04. The quantitative estimate of drug-likeness (QED) is 0.250. The summed E-state index contributed by atoms with van der Waals surface area (Å²) in [5.74, 6) is 0. The molecule has 0 aliphatic rings. The summed E-state index contributed by atoms with van der Waals surface area (Å²) in [7, 11) is -1.20. The molecule has 0 radical (unpaired) electrons. The highest BCUT2D eigenvalue weighted by Crippen LogP contribution is 2.03. The second kappa shape index (κ2) is 9.12. The number of unbranched alkanes of at least 4 members (excludes halogenated alkanes) is 1. The number of hydrogen-bond acceptors (Lipinski definition) is 5. The van der Waals surface area contributed by atoms with Crippen molar-refractivity contribution in [2.75, 3.05) is 13.2 Å². The van der Waals surface area contributed by atoms with Crippen molar-refractivity contribution >= 4 is 7.12 Å². The standard InChI is InChI=1S/C9H23BN2O3/c1-8(7-13)12-6-9(11)4-2-3-5-10(14)15/h8-9,12-15H,2-7,11H2,1H3. The molecule has 0 saturated heterocycles. The molecule has 2 unspecified atom stereocenters. The van der Waals surface area contributed by atoms with Crippen molar-refractivity contribution in [1.29, 1.82) is 0 Å². The topological polar surface area (TPSA) is 98.7 Å². The molecule has 0 aromatic rings. The van der Waals surface area contributed by atoms with Crippen molar-refractivity contribution in [2.24, 2.45) is 5.73 Å². The first-order valence-corrected chi connectivity index (χ1v) is 5.52. The lowest BCUT2D eigenvalue weighted by Crippen LogP contribution is -2.39. The van der Waals surface area contributed by atoms with Gasteiger partial charge < -0.3 is 26.2 Å². The summed E-state index contributed by atoms with van der Waals surface area (Å²) in [6, 6.07) is 0.144. The van der Waals surface area contributed by atoms with Crippen LogP contribution in [0, 0.1) is 0 Å². The van der Waals surface area contributed by atoms with Gasteiger partial charge in [0.25, 0.3) is 0 Å². The zero-order valence-electron chi connectivity index (χ0n) is 9.39. The van der Waals surface area contributed by atoms with Crippen LogP contribution in [-0.2, 0) is 0 Å². The fourth-order valence-corrected chi connectivity index (χ4v) is 1.25. The molecule has 0 aliphatic carbocycles. The maximum atomic E-state index is 8.76. The first kappa shape index (κ1) is 14.9. The summed E-state index contributed by atoms with van der Waals surface area (Å²) in [6.07, 6.45) is 2.94. The van der Waals surface area contributed by atoms with Crippen LogP contribution in [0.25, 0.3) is 0 Å². The Morgan fingerprint density at radius 1 is 1.33 bits per heavy atom. The highest BCUT2D eigenvalue weighted by atomic mass is 16.4. The molecule has 15 heavy (non-hydrogen) atoms. The fraction of sp³-hybridized carbons (Fsp3) is 1.00. The molecule has 6 N–H and O–H groups in total. The van der Waals surface area contributed by atoms with Gasteiger partial charge in [0.2, 0.25) is 0 Å². The van der Waals surface area contributed by atoms with E-state index in [1.54, 1.807) is 0 Å². The molecule has 0 aromatic carbocycles. The highest BCUT2D eigenvalue weighted by molar-refractivity contribution is 6.40. The Labute approximate surface area is 91.8 Å².